The van der Waals surface area contributed by atoms with Crippen molar-refractivity contribution in [1.29, 1.82) is 0 Å². The van der Waals surface area contributed by atoms with Crippen LogP contribution < -0.4 is 0 Å². The highest BCUT2D eigenvalue weighted by atomic mass is 16.5. The highest BCUT2D eigenvalue weighted by molar-refractivity contribution is 5.82. The molecule has 0 aliphatic rings. The van der Waals surface area contributed by atoms with E-state index in [9.17, 15) is 4.79 Å². The summed E-state index contributed by atoms with van der Waals surface area (Å²) < 4.78 is 5.76. The van der Waals surface area contributed by atoms with E-state index < -0.39 is 0 Å². The average molecular weight is 324 g/mol. The second kappa shape index (κ2) is 9.92. The van der Waals surface area contributed by atoms with Gasteiger partial charge >= 0.3 is 5.97 Å². The van der Waals surface area contributed by atoms with E-state index in [1.807, 2.05) is 67.6 Å². The predicted molar refractivity (Wildman–Crippen MR) is 99.0 cm³/mol. The van der Waals surface area contributed by atoms with Crippen molar-refractivity contribution >= 4 is 5.97 Å². The van der Waals surface area contributed by atoms with Crippen LogP contribution in [0, 0.1) is 0 Å². The van der Waals surface area contributed by atoms with E-state index >= 15 is 0 Å². The van der Waals surface area contributed by atoms with Crippen molar-refractivity contribution in [2.75, 3.05) is 0 Å². The molecule has 0 fully saturated rings. The molecule has 0 saturated heterocycles. The molecule has 0 aliphatic heterocycles. The first-order chi connectivity index (χ1) is 11.7. The van der Waals surface area contributed by atoms with Crippen LogP contribution in [-0.4, -0.2) is 12.1 Å². The van der Waals surface area contributed by atoms with Crippen molar-refractivity contribution < 1.29 is 9.53 Å². The Kier molecular flexibility index (Phi) is 7.54. The number of rotatable bonds is 9. The number of unbranched alkanes of at least 4 members (excludes halogenated alkanes) is 3. The topological polar surface area (TPSA) is 26.3 Å². The van der Waals surface area contributed by atoms with Crippen molar-refractivity contribution in [3.63, 3.8) is 0 Å². The molecule has 0 heterocycles. The van der Waals surface area contributed by atoms with E-state index in [1.54, 1.807) is 0 Å². The highest BCUT2D eigenvalue weighted by Crippen LogP contribution is 2.26. The summed E-state index contributed by atoms with van der Waals surface area (Å²) in [4.78, 5) is 12.8. The van der Waals surface area contributed by atoms with Gasteiger partial charge in [0.05, 0.1) is 6.10 Å². The van der Waals surface area contributed by atoms with E-state index in [-0.39, 0.29) is 18.0 Å². The van der Waals surface area contributed by atoms with Gasteiger partial charge in [0.15, 0.2) is 0 Å². The van der Waals surface area contributed by atoms with Gasteiger partial charge in [0.2, 0.25) is 0 Å². The van der Waals surface area contributed by atoms with E-state index in [1.165, 1.54) is 19.3 Å². The minimum atomic E-state index is -0.356. The molecule has 2 heteroatoms. The van der Waals surface area contributed by atoms with Gasteiger partial charge in [-0.25, -0.2) is 0 Å². The van der Waals surface area contributed by atoms with Gasteiger partial charge in [-0.15, -0.1) is 0 Å². The van der Waals surface area contributed by atoms with E-state index in [0.29, 0.717) is 0 Å². The summed E-state index contributed by atoms with van der Waals surface area (Å²) in [6.45, 7) is 4.20. The Labute approximate surface area is 145 Å². The number of hydrogen-bond acceptors (Lipinski definition) is 2. The quantitative estimate of drug-likeness (QED) is 0.435. The summed E-state index contributed by atoms with van der Waals surface area (Å²) in [5.41, 5.74) is 1.96. The van der Waals surface area contributed by atoms with E-state index in [4.69, 9.17) is 4.74 Å². The lowest BCUT2D eigenvalue weighted by atomic mass is 9.91. The van der Waals surface area contributed by atoms with Gasteiger partial charge in [-0.3, -0.25) is 4.79 Å². The number of esters is 1. The van der Waals surface area contributed by atoms with Crippen LogP contribution in [0.3, 0.4) is 0 Å². The predicted octanol–water partition coefficient (Wildman–Crippen LogP) is 5.72. The third-order valence-corrected chi connectivity index (χ3v) is 4.28. The Morgan fingerprint density at radius 2 is 1.42 bits per heavy atom. The van der Waals surface area contributed by atoms with Crippen molar-refractivity contribution in [1.82, 2.24) is 0 Å². The molecule has 2 aromatic rings. The molecule has 0 spiro atoms. The number of carbonyl (C=O) groups excluding carboxylic acids is 1. The van der Waals surface area contributed by atoms with Gasteiger partial charge in [-0.2, -0.15) is 0 Å². The molecule has 0 aromatic heterocycles. The van der Waals surface area contributed by atoms with Crippen molar-refractivity contribution in [3.8, 4) is 0 Å². The summed E-state index contributed by atoms with van der Waals surface area (Å²) in [6, 6.07) is 19.8. The highest BCUT2D eigenvalue weighted by Gasteiger charge is 2.25. The summed E-state index contributed by atoms with van der Waals surface area (Å²) in [6.07, 6.45) is 5.68. The maximum Gasteiger partial charge on any atom is 0.318 e. The summed E-state index contributed by atoms with van der Waals surface area (Å²) in [7, 11) is 0. The van der Waals surface area contributed by atoms with Gasteiger partial charge in [0, 0.05) is 0 Å². The zero-order valence-electron chi connectivity index (χ0n) is 14.8. The van der Waals surface area contributed by atoms with Crippen molar-refractivity contribution in [2.24, 2.45) is 0 Å². The monoisotopic (exact) mass is 324 g/mol. The Balaban J connectivity index is 2.06. The largest absolute Gasteiger partial charge is 0.462 e. The van der Waals surface area contributed by atoms with Crippen LogP contribution >= 0.6 is 0 Å². The van der Waals surface area contributed by atoms with Crippen LogP contribution in [0.25, 0.3) is 0 Å². The van der Waals surface area contributed by atoms with Crippen LogP contribution in [0.4, 0.5) is 0 Å². The Bertz CT molecular complexity index is 552. The lowest BCUT2D eigenvalue weighted by Gasteiger charge is -2.20. The van der Waals surface area contributed by atoms with E-state index in [0.717, 1.165) is 24.0 Å². The average Bonchev–Trinajstić information content (AvgIpc) is 2.61. The number of carbonyl (C=O) groups is 1. The van der Waals surface area contributed by atoms with Gasteiger partial charge in [-0.05, 0) is 30.9 Å². The molecular weight excluding hydrogens is 296 g/mol. The lowest BCUT2D eigenvalue weighted by molar-refractivity contribution is -0.149. The number of hydrogen-bond donors (Lipinski definition) is 0. The normalized spacial score (nSPS) is 12.1. The lowest BCUT2D eigenvalue weighted by Crippen LogP contribution is -2.22. The number of benzene rings is 2. The maximum atomic E-state index is 12.8. The molecule has 24 heavy (non-hydrogen) atoms. The smallest absolute Gasteiger partial charge is 0.318 e. The zero-order valence-corrected chi connectivity index (χ0v) is 14.8. The summed E-state index contributed by atoms with van der Waals surface area (Å²) in [5, 5.41) is 0. The summed E-state index contributed by atoms with van der Waals surface area (Å²) in [5.74, 6) is -0.513. The molecule has 0 saturated carbocycles. The molecule has 2 nitrogen and oxygen atoms in total. The van der Waals surface area contributed by atoms with Gasteiger partial charge < -0.3 is 4.74 Å². The van der Waals surface area contributed by atoms with Crippen LogP contribution in [0.15, 0.2) is 60.7 Å². The summed E-state index contributed by atoms with van der Waals surface area (Å²) >= 11 is 0. The van der Waals surface area contributed by atoms with Crippen LogP contribution in [0.5, 0.6) is 0 Å². The Hall–Kier alpha value is -2.09. The molecule has 0 aliphatic carbocycles. The zero-order chi connectivity index (χ0) is 17.2. The molecule has 0 N–H and O–H groups in total. The fourth-order valence-electron chi connectivity index (χ4n) is 2.94. The molecule has 1 atom stereocenters. The van der Waals surface area contributed by atoms with Crippen LogP contribution in [0.1, 0.15) is 63.0 Å². The molecule has 0 unspecified atom stereocenters. The first kappa shape index (κ1) is 18.3. The van der Waals surface area contributed by atoms with Crippen molar-refractivity contribution in [2.45, 2.75) is 58.0 Å². The van der Waals surface area contributed by atoms with Crippen LogP contribution in [0.2, 0.25) is 0 Å². The Morgan fingerprint density at radius 1 is 0.875 bits per heavy atom. The van der Waals surface area contributed by atoms with Gasteiger partial charge in [-0.1, -0.05) is 86.8 Å². The molecule has 2 rings (SSSR count). The minimum Gasteiger partial charge on any atom is -0.462 e. The molecule has 2 aromatic carbocycles. The molecule has 128 valence electrons. The standard InChI is InChI=1S/C22H28O2/c1-3-4-5-8-13-18(2)24-22(23)21(19-14-9-6-10-15-19)20-16-11-7-12-17-20/h6-7,9-12,14-18,21H,3-5,8,13H2,1-2H3/t18-/m1/s1. The SMILES string of the molecule is CCCCCC[C@@H](C)OC(=O)C(c1ccccc1)c1ccccc1. The molecule has 0 radical (unpaired) electrons. The maximum absolute atomic E-state index is 12.8. The van der Waals surface area contributed by atoms with Crippen LogP contribution in [-0.2, 0) is 9.53 Å². The molecular formula is C22H28O2. The fraction of sp³-hybridized carbons (Fsp3) is 0.409. The third-order valence-electron chi connectivity index (χ3n) is 4.28. The van der Waals surface area contributed by atoms with Gasteiger partial charge in [0.25, 0.3) is 0 Å². The first-order valence-electron chi connectivity index (χ1n) is 9.02. The van der Waals surface area contributed by atoms with Crippen molar-refractivity contribution in [3.05, 3.63) is 71.8 Å². The second-order valence-electron chi connectivity index (χ2n) is 6.35. The molecule has 0 bridgehead atoms. The third kappa shape index (κ3) is 5.52. The minimum absolute atomic E-state index is 0.0377. The first-order valence-corrected chi connectivity index (χ1v) is 9.02. The second-order valence-corrected chi connectivity index (χ2v) is 6.35. The number of ether oxygens (including phenoxy) is 1. The molecule has 0 amide bonds. The van der Waals surface area contributed by atoms with Gasteiger partial charge in [0.1, 0.15) is 5.92 Å². The Morgan fingerprint density at radius 3 is 1.92 bits per heavy atom. The fourth-order valence-corrected chi connectivity index (χ4v) is 2.94. The van der Waals surface area contributed by atoms with E-state index in [2.05, 4.69) is 6.92 Å².